The highest BCUT2D eigenvalue weighted by molar-refractivity contribution is 7.96. The van der Waals surface area contributed by atoms with Gasteiger partial charge in [0.1, 0.15) is 10.5 Å². The van der Waals surface area contributed by atoms with Crippen molar-refractivity contribution in [2.75, 3.05) is 0 Å². The van der Waals surface area contributed by atoms with Gasteiger partial charge in [0.05, 0.1) is 22.0 Å². The predicted molar refractivity (Wildman–Crippen MR) is 92.6 cm³/mol. The van der Waals surface area contributed by atoms with Crippen molar-refractivity contribution in [1.82, 2.24) is 0 Å². The van der Waals surface area contributed by atoms with Crippen molar-refractivity contribution in [3.8, 4) is 0 Å². The average molecular weight is 376 g/mol. The summed E-state index contributed by atoms with van der Waals surface area (Å²) in [6, 6.07) is 15.9. The van der Waals surface area contributed by atoms with E-state index in [1.807, 2.05) is 0 Å². The second kappa shape index (κ2) is 5.79. The van der Waals surface area contributed by atoms with Gasteiger partial charge in [-0.25, -0.2) is 16.8 Å². The monoisotopic (exact) mass is 376 g/mol. The topological polar surface area (TPSA) is 77.5 Å². The maximum Gasteiger partial charge on any atom is 0.185 e. The number of rotatable bonds is 4. The zero-order chi connectivity index (χ0) is 17.7. The fraction of sp³-hybridized carbons (Fsp3) is 0.222. The van der Waals surface area contributed by atoms with Crippen molar-refractivity contribution in [3.63, 3.8) is 0 Å². The fourth-order valence-corrected chi connectivity index (χ4v) is 8.09. The van der Waals surface area contributed by atoms with Gasteiger partial charge in [-0.2, -0.15) is 0 Å². The maximum atomic E-state index is 13.1. The first-order valence-corrected chi connectivity index (χ1v) is 10.9. The summed E-state index contributed by atoms with van der Waals surface area (Å²) in [5.41, 5.74) is 0. The second-order valence-electron chi connectivity index (χ2n) is 6.10. The Morgan fingerprint density at radius 1 is 0.600 bits per heavy atom. The van der Waals surface area contributed by atoms with Gasteiger partial charge in [-0.3, -0.25) is 0 Å². The van der Waals surface area contributed by atoms with E-state index in [-0.39, 0.29) is 9.79 Å². The van der Waals surface area contributed by atoms with Crippen LogP contribution in [0.5, 0.6) is 0 Å². The van der Waals surface area contributed by atoms with Gasteiger partial charge in [0.25, 0.3) is 0 Å². The van der Waals surface area contributed by atoms with Crippen LogP contribution in [0.2, 0.25) is 0 Å². The molecule has 2 aromatic rings. The highest BCUT2D eigenvalue weighted by Gasteiger charge is 2.58. The highest BCUT2D eigenvalue weighted by Crippen LogP contribution is 2.41. The Hall–Kier alpha value is -1.96. The molecule has 0 aromatic heterocycles. The minimum absolute atomic E-state index is 0.109. The summed E-state index contributed by atoms with van der Waals surface area (Å²) in [4.78, 5) is 0.218. The molecular formula is C18H16O5S2. The van der Waals surface area contributed by atoms with E-state index in [9.17, 15) is 16.8 Å². The standard InChI is InChI=1S/C18H16O5S2/c19-24(20,13-7-3-1-4-8-13)17-15-11-12-16(23-15)18(17)25(21,22)14-9-5-2-6-10-14/h1-12,15-18H/t15-,16+,17-,18+. The Morgan fingerprint density at radius 2 is 0.960 bits per heavy atom. The van der Waals surface area contributed by atoms with Gasteiger partial charge >= 0.3 is 0 Å². The molecule has 1 fully saturated rings. The molecule has 0 aliphatic carbocycles. The predicted octanol–water partition coefficient (Wildman–Crippen LogP) is 2.01. The van der Waals surface area contributed by atoms with Crippen molar-refractivity contribution in [1.29, 1.82) is 0 Å². The summed E-state index contributed by atoms with van der Waals surface area (Å²) in [5.74, 6) is 0. The molecule has 1 saturated heterocycles. The normalized spacial score (nSPS) is 28.3. The third-order valence-corrected chi connectivity index (χ3v) is 9.22. The van der Waals surface area contributed by atoms with Crippen LogP contribution in [0.4, 0.5) is 0 Å². The van der Waals surface area contributed by atoms with Gasteiger partial charge < -0.3 is 4.74 Å². The third-order valence-electron chi connectivity index (χ3n) is 4.64. The van der Waals surface area contributed by atoms with Crippen LogP contribution < -0.4 is 0 Å². The van der Waals surface area contributed by atoms with Crippen molar-refractivity contribution in [3.05, 3.63) is 72.8 Å². The van der Waals surface area contributed by atoms with Crippen molar-refractivity contribution >= 4 is 19.7 Å². The minimum Gasteiger partial charge on any atom is -0.364 e. The third kappa shape index (κ3) is 2.54. The van der Waals surface area contributed by atoms with E-state index in [1.165, 1.54) is 24.3 Å². The van der Waals surface area contributed by atoms with E-state index in [2.05, 4.69) is 0 Å². The molecule has 7 heteroatoms. The molecule has 0 amide bonds. The molecule has 0 unspecified atom stereocenters. The number of hydrogen-bond acceptors (Lipinski definition) is 5. The van der Waals surface area contributed by atoms with Crippen LogP contribution in [-0.4, -0.2) is 39.5 Å². The number of sulfone groups is 2. The molecule has 5 nitrogen and oxygen atoms in total. The Balaban J connectivity index is 1.84. The zero-order valence-corrected chi connectivity index (χ0v) is 14.7. The molecule has 2 aromatic carbocycles. The summed E-state index contributed by atoms with van der Waals surface area (Å²) < 4.78 is 58.2. The lowest BCUT2D eigenvalue weighted by molar-refractivity contribution is 0.121. The molecule has 0 radical (unpaired) electrons. The molecule has 4 rings (SSSR count). The largest absolute Gasteiger partial charge is 0.364 e. The molecule has 4 atom stereocenters. The van der Waals surface area contributed by atoms with E-state index in [0.29, 0.717) is 0 Å². The first kappa shape index (κ1) is 16.5. The van der Waals surface area contributed by atoms with Crippen molar-refractivity contribution < 1.29 is 21.6 Å². The van der Waals surface area contributed by atoms with Crippen molar-refractivity contribution in [2.24, 2.45) is 0 Å². The molecule has 25 heavy (non-hydrogen) atoms. The van der Waals surface area contributed by atoms with Gasteiger partial charge in [0, 0.05) is 0 Å². The first-order valence-electron chi connectivity index (χ1n) is 7.84. The van der Waals surface area contributed by atoms with Crippen molar-refractivity contribution in [2.45, 2.75) is 32.5 Å². The van der Waals surface area contributed by atoms with Crippen LogP contribution in [0.3, 0.4) is 0 Å². The lowest BCUT2D eigenvalue weighted by Crippen LogP contribution is -2.45. The highest BCUT2D eigenvalue weighted by atomic mass is 32.2. The Morgan fingerprint density at radius 3 is 1.32 bits per heavy atom. The average Bonchev–Trinajstić information content (AvgIpc) is 3.25. The summed E-state index contributed by atoms with van der Waals surface area (Å²) in [6.07, 6.45) is 1.79. The van der Waals surface area contributed by atoms with Crippen LogP contribution in [0.25, 0.3) is 0 Å². The summed E-state index contributed by atoms with van der Waals surface area (Å²) in [7, 11) is -7.73. The Bertz CT molecular complexity index is 928. The number of ether oxygens (including phenoxy) is 1. The molecule has 130 valence electrons. The molecule has 2 bridgehead atoms. The number of benzene rings is 2. The van der Waals surface area contributed by atoms with Crippen LogP contribution in [0.1, 0.15) is 0 Å². The van der Waals surface area contributed by atoms with Gasteiger partial charge in [-0.1, -0.05) is 48.6 Å². The number of hydrogen-bond donors (Lipinski definition) is 0. The first-order chi connectivity index (χ1) is 11.9. The van der Waals surface area contributed by atoms with Gasteiger partial charge in [0.2, 0.25) is 0 Å². The Labute approximate surface area is 146 Å². The second-order valence-corrected chi connectivity index (χ2v) is 10.3. The number of fused-ring (bicyclic) bond motifs is 2. The fourth-order valence-electron chi connectivity index (χ4n) is 3.48. The van der Waals surface area contributed by atoms with E-state index >= 15 is 0 Å². The molecule has 0 saturated carbocycles. The van der Waals surface area contributed by atoms with E-state index in [0.717, 1.165) is 0 Å². The van der Waals surface area contributed by atoms with Gasteiger partial charge in [0.15, 0.2) is 19.7 Å². The van der Waals surface area contributed by atoms with E-state index in [1.54, 1.807) is 48.6 Å². The minimum atomic E-state index is -3.87. The van der Waals surface area contributed by atoms with Crippen LogP contribution >= 0.6 is 0 Å². The smallest absolute Gasteiger partial charge is 0.185 e. The molecule has 2 aliphatic heterocycles. The quantitative estimate of drug-likeness (QED) is 0.763. The maximum absolute atomic E-state index is 13.1. The van der Waals surface area contributed by atoms with Crippen LogP contribution in [-0.2, 0) is 24.4 Å². The molecule has 2 heterocycles. The summed E-state index contributed by atoms with van der Waals surface area (Å²) >= 11 is 0. The lowest BCUT2D eigenvalue weighted by atomic mass is 10.1. The summed E-state index contributed by atoms with van der Waals surface area (Å²) in [5, 5.41) is -2.31. The SMILES string of the molecule is O=S(=O)(c1ccccc1)[C@@H]1[C@H](S(=O)(=O)c2ccccc2)[C@H]2C=C[C@@H]1O2. The molecular weight excluding hydrogens is 360 g/mol. The van der Waals surface area contributed by atoms with Crippen LogP contribution in [0, 0.1) is 0 Å². The molecule has 2 aliphatic rings. The van der Waals surface area contributed by atoms with E-state index < -0.39 is 42.4 Å². The molecule has 0 N–H and O–H groups in total. The molecule has 0 spiro atoms. The van der Waals surface area contributed by atoms with Crippen LogP contribution in [0.15, 0.2) is 82.6 Å². The van der Waals surface area contributed by atoms with Gasteiger partial charge in [-0.15, -0.1) is 0 Å². The lowest BCUT2D eigenvalue weighted by Gasteiger charge is -2.25. The van der Waals surface area contributed by atoms with E-state index in [4.69, 9.17) is 4.74 Å². The Kier molecular flexibility index (Phi) is 3.82. The van der Waals surface area contributed by atoms with Gasteiger partial charge in [-0.05, 0) is 24.3 Å². The summed E-state index contributed by atoms with van der Waals surface area (Å²) in [6.45, 7) is 0. The zero-order valence-electron chi connectivity index (χ0n) is 13.1.